The van der Waals surface area contributed by atoms with Crippen LogP contribution in [0.25, 0.3) is 11.3 Å². The van der Waals surface area contributed by atoms with E-state index in [2.05, 4.69) is 10.2 Å². The molecule has 0 spiro atoms. The van der Waals surface area contributed by atoms with E-state index in [1.807, 2.05) is 37.3 Å². The van der Waals surface area contributed by atoms with E-state index in [1.165, 1.54) is 18.2 Å². The van der Waals surface area contributed by atoms with Gasteiger partial charge in [0.25, 0.3) is 0 Å². The van der Waals surface area contributed by atoms with Crippen molar-refractivity contribution < 1.29 is 19.0 Å². The van der Waals surface area contributed by atoms with Gasteiger partial charge in [0.05, 0.1) is 5.69 Å². The molecule has 0 amide bonds. The van der Waals surface area contributed by atoms with Crippen molar-refractivity contribution in [2.45, 2.75) is 13.5 Å². The third-order valence-corrected chi connectivity index (χ3v) is 4.40. The summed E-state index contributed by atoms with van der Waals surface area (Å²) in [5, 5.41) is 17.7. The summed E-state index contributed by atoms with van der Waals surface area (Å²) >= 11 is 0. The molecule has 1 aromatic heterocycles. The Balaban J connectivity index is 1.54. The van der Waals surface area contributed by atoms with Crippen molar-refractivity contribution in [2.24, 2.45) is 0 Å². The molecule has 0 atom stereocenters. The molecule has 4 rings (SSSR count). The molecular formula is C23H19FN2O3. The quantitative estimate of drug-likeness (QED) is 0.450. The Morgan fingerprint density at radius 2 is 1.72 bits per heavy atom. The topological polar surface area (TPSA) is 67.4 Å². The highest BCUT2D eigenvalue weighted by Crippen LogP contribution is 2.39. The molecule has 0 saturated heterocycles. The first-order chi connectivity index (χ1) is 14.1. The summed E-state index contributed by atoms with van der Waals surface area (Å²) in [6, 6.07) is 20.4. The van der Waals surface area contributed by atoms with Crippen molar-refractivity contribution in [2.75, 3.05) is 0 Å². The predicted molar refractivity (Wildman–Crippen MR) is 108 cm³/mol. The lowest BCUT2D eigenvalue weighted by Crippen LogP contribution is -1.95. The Morgan fingerprint density at radius 3 is 2.45 bits per heavy atom. The zero-order chi connectivity index (χ0) is 20.2. The van der Waals surface area contributed by atoms with Crippen LogP contribution < -0.4 is 9.47 Å². The molecule has 146 valence electrons. The minimum absolute atomic E-state index is 0.0195. The molecule has 0 fully saturated rings. The van der Waals surface area contributed by atoms with Gasteiger partial charge in [0, 0.05) is 11.6 Å². The lowest BCUT2D eigenvalue weighted by molar-refractivity contribution is 0.304. The van der Waals surface area contributed by atoms with E-state index in [0.29, 0.717) is 28.5 Å². The maximum atomic E-state index is 13.0. The van der Waals surface area contributed by atoms with Crippen LogP contribution >= 0.6 is 0 Å². The summed E-state index contributed by atoms with van der Waals surface area (Å²) in [6.07, 6.45) is 0. The molecule has 3 aromatic carbocycles. The number of rotatable bonds is 6. The number of aromatic hydroxyl groups is 1. The van der Waals surface area contributed by atoms with Crippen LogP contribution in [0.2, 0.25) is 0 Å². The number of para-hydroxylation sites is 1. The van der Waals surface area contributed by atoms with Gasteiger partial charge in [-0.15, -0.1) is 0 Å². The van der Waals surface area contributed by atoms with Gasteiger partial charge < -0.3 is 14.6 Å². The predicted octanol–water partition coefficient (Wildman–Crippen LogP) is 5.60. The monoisotopic (exact) mass is 390 g/mol. The molecule has 0 saturated carbocycles. The highest BCUT2D eigenvalue weighted by atomic mass is 19.1. The number of aryl methyl sites for hydroxylation is 1. The Kier molecular flexibility index (Phi) is 5.16. The number of benzene rings is 3. The van der Waals surface area contributed by atoms with E-state index in [9.17, 15) is 9.50 Å². The second-order valence-corrected chi connectivity index (χ2v) is 6.54. The lowest BCUT2D eigenvalue weighted by atomic mass is 10.1. The van der Waals surface area contributed by atoms with E-state index in [4.69, 9.17) is 9.47 Å². The zero-order valence-corrected chi connectivity index (χ0v) is 15.7. The minimum atomic E-state index is -0.293. The Labute approximate surface area is 167 Å². The van der Waals surface area contributed by atoms with Crippen LogP contribution in [0, 0.1) is 12.7 Å². The number of aromatic amines is 1. The van der Waals surface area contributed by atoms with Gasteiger partial charge in [0.2, 0.25) is 0 Å². The Morgan fingerprint density at radius 1 is 0.966 bits per heavy atom. The molecule has 4 aromatic rings. The number of aromatic nitrogens is 2. The molecule has 0 aliphatic rings. The van der Waals surface area contributed by atoms with Crippen LogP contribution in [0.15, 0.2) is 72.8 Å². The molecular weight excluding hydrogens is 371 g/mol. The number of phenols is 1. The molecule has 1 heterocycles. The molecule has 0 unspecified atom stereocenters. The summed E-state index contributed by atoms with van der Waals surface area (Å²) in [5.41, 5.74) is 2.61. The van der Waals surface area contributed by atoms with Crippen LogP contribution in [0.5, 0.6) is 23.0 Å². The third kappa shape index (κ3) is 4.21. The third-order valence-electron chi connectivity index (χ3n) is 4.40. The number of H-pyrrole nitrogens is 1. The number of ether oxygens (including phenoxy) is 2. The second-order valence-electron chi connectivity index (χ2n) is 6.54. The van der Waals surface area contributed by atoms with Gasteiger partial charge >= 0.3 is 0 Å². The minimum Gasteiger partial charge on any atom is -0.507 e. The maximum Gasteiger partial charge on any atom is 0.176 e. The highest BCUT2D eigenvalue weighted by Gasteiger charge is 2.18. The van der Waals surface area contributed by atoms with Crippen LogP contribution in [0.1, 0.15) is 11.3 Å². The fourth-order valence-electron chi connectivity index (χ4n) is 2.88. The van der Waals surface area contributed by atoms with Gasteiger partial charge in [-0.1, -0.05) is 30.3 Å². The SMILES string of the molecule is Cc1[nH]nc(-c2ccc(OCc3ccc(F)cc3)cc2O)c1Oc1ccccc1. The normalized spacial score (nSPS) is 10.7. The highest BCUT2D eigenvalue weighted by molar-refractivity contribution is 5.74. The van der Waals surface area contributed by atoms with E-state index in [-0.39, 0.29) is 18.2 Å². The fourth-order valence-corrected chi connectivity index (χ4v) is 2.88. The first-order valence-corrected chi connectivity index (χ1v) is 9.08. The number of nitrogens with zero attached hydrogens (tertiary/aromatic N) is 1. The van der Waals surface area contributed by atoms with Crippen molar-refractivity contribution in [1.29, 1.82) is 0 Å². The second kappa shape index (κ2) is 8.06. The number of halogens is 1. The zero-order valence-electron chi connectivity index (χ0n) is 15.7. The van der Waals surface area contributed by atoms with Gasteiger partial charge in [-0.2, -0.15) is 5.10 Å². The number of nitrogens with one attached hydrogen (secondary N) is 1. The maximum absolute atomic E-state index is 13.0. The van der Waals surface area contributed by atoms with Crippen molar-refractivity contribution >= 4 is 0 Å². The van der Waals surface area contributed by atoms with Gasteiger partial charge in [-0.25, -0.2) is 4.39 Å². The summed E-state index contributed by atoms with van der Waals surface area (Å²) in [7, 11) is 0. The van der Waals surface area contributed by atoms with Gasteiger partial charge in [-0.3, -0.25) is 5.10 Å². The largest absolute Gasteiger partial charge is 0.507 e. The fraction of sp³-hybridized carbons (Fsp3) is 0.0870. The lowest BCUT2D eigenvalue weighted by Gasteiger charge is -2.10. The van der Waals surface area contributed by atoms with Crippen molar-refractivity contribution in [1.82, 2.24) is 10.2 Å². The molecule has 6 heteroatoms. The standard InChI is InChI=1S/C23H19FN2O3/c1-15-23(29-18-5-3-2-4-6-18)22(26-25-15)20-12-11-19(13-21(20)27)28-14-16-7-9-17(24)10-8-16/h2-13,27H,14H2,1H3,(H,25,26). The first kappa shape index (κ1) is 18.6. The molecule has 29 heavy (non-hydrogen) atoms. The average Bonchev–Trinajstić information content (AvgIpc) is 3.08. The van der Waals surface area contributed by atoms with Gasteiger partial charge in [0.15, 0.2) is 5.75 Å². The van der Waals surface area contributed by atoms with Crippen molar-refractivity contribution in [3.05, 3.63) is 89.9 Å². The molecule has 0 radical (unpaired) electrons. The molecule has 2 N–H and O–H groups in total. The Hall–Kier alpha value is -3.80. The van der Waals surface area contributed by atoms with Crippen LogP contribution in [-0.2, 0) is 6.61 Å². The summed E-state index contributed by atoms with van der Waals surface area (Å²) in [5.74, 6) is 1.45. The van der Waals surface area contributed by atoms with Gasteiger partial charge in [-0.05, 0) is 48.9 Å². The van der Waals surface area contributed by atoms with E-state index in [1.54, 1.807) is 24.3 Å². The van der Waals surface area contributed by atoms with Crippen molar-refractivity contribution in [3.8, 4) is 34.3 Å². The van der Waals surface area contributed by atoms with Crippen LogP contribution in [0.4, 0.5) is 4.39 Å². The average molecular weight is 390 g/mol. The van der Waals surface area contributed by atoms with Crippen molar-refractivity contribution in [3.63, 3.8) is 0 Å². The first-order valence-electron chi connectivity index (χ1n) is 9.08. The van der Waals surface area contributed by atoms with E-state index < -0.39 is 0 Å². The molecule has 0 aliphatic heterocycles. The number of hydrogen-bond acceptors (Lipinski definition) is 4. The summed E-state index contributed by atoms with van der Waals surface area (Å²) in [4.78, 5) is 0. The van der Waals surface area contributed by atoms with E-state index >= 15 is 0 Å². The molecule has 0 aliphatic carbocycles. The number of hydrogen-bond donors (Lipinski definition) is 2. The smallest absolute Gasteiger partial charge is 0.176 e. The Bertz CT molecular complexity index is 1110. The van der Waals surface area contributed by atoms with Crippen LogP contribution in [0.3, 0.4) is 0 Å². The van der Waals surface area contributed by atoms with E-state index in [0.717, 1.165) is 11.3 Å². The molecule has 5 nitrogen and oxygen atoms in total. The summed E-state index contributed by atoms with van der Waals surface area (Å²) in [6.45, 7) is 2.12. The molecule has 0 bridgehead atoms. The van der Waals surface area contributed by atoms with Gasteiger partial charge in [0.1, 0.15) is 35.4 Å². The number of phenolic OH excluding ortho intramolecular Hbond substituents is 1. The van der Waals surface area contributed by atoms with Crippen LogP contribution in [-0.4, -0.2) is 15.3 Å². The summed E-state index contributed by atoms with van der Waals surface area (Å²) < 4.78 is 24.6.